The maximum Gasteiger partial charge on any atom is 0.257 e. The van der Waals surface area contributed by atoms with Gasteiger partial charge in [0.1, 0.15) is 11.3 Å². The van der Waals surface area contributed by atoms with Gasteiger partial charge in [-0.2, -0.15) is 0 Å². The number of nitrogens with one attached hydrogen (secondary N) is 2. The number of anilines is 1. The molecule has 0 unspecified atom stereocenters. The van der Waals surface area contributed by atoms with Crippen molar-refractivity contribution in [1.82, 2.24) is 15.2 Å². The number of amides is 1. The minimum absolute atomic E-state index is 0.180. The zero-order chi connectivity index (χ0) is 24.7. The van der Waals surface area contributed by atoms with Crippen LogP contribution in [0.15, 0.2) is 66.7 Å². The number of methoxy groups -OCH3 is 1. The molecule has 4 aromatic rings. The van der Waals surface area contributed by atoms with E-state index < -0.39 is 0 Å². The number of fused-ring (bicyclic) bond motifs is 1. The van der Waals surface area contributed by atoms with Crippen molar-refractivity contribution in [2.45, 2.75) is 6.54 Å². The summed E-state index contributed by atoms with van der Waals surface area (Å²) in [7, 11) is 1.63. The molecule has 186 valence electrons. The van der Waals surface area contributed by atoms with Crippen molar-refractivity contribution in [2.24, 2.45) is 0 Å². The van der Waals surface area contributed by atoms with Gasteiger partial charge in [0.2, 0.25) is 0 Å². The van der Waals surface area contributed by atoms with E-state index in [0.717, 1.165) is 72.8 Å². The minimum atomic E-state index is -0.180. The largest absolute Gasteiger partial charge is 0.494 e. The van der Waals surface area contributed by atoms with Gasteiger partial charge >= 0.3 is 0 Å². The summed E-state index contributed by atoms with van der Waals surface area (Å²) < 4.78 is 11.9. The van der Waals surface area contributed by atoms with Gasteiger partial charge in [-0.3, -0.25) is 15.0 Å². The van der Waals surface area contributed by atoms with Gasteiger partial charge in [0.05, 0.1) is 25.0 Å². The predicted molar refractivity (Wildman–Crippen MR) is 145 cm³/mol. The summed E-state index contributed by atoms with van der Waals surface area (Å²) in [5.41, 5.74) is 4.65. The summed E-state index contributed by atoms with van der Waals surface area (Å²) >= 11 is 1.45. The fourth-order valence-corrected chi connectivity index (χ4v) is 5.30. The van der Waals surface area contributed by atoms with E-state index in [-0.39, 0.29) is 5.91 Å². The summed E-state index contributed by atoms with van der Waals surface area (Å²) in [6.07, 6.45) is 0. The quantitative estimate of drug-likeness (QED) is 0.325. The smallest absolute Gasteiger partial charge is 0.257 e. The van der Waals surface area contributed by atoms with Crippen molar-refractivity contribution < 1.29 is 14.3 Å². The number of hydrogen-bond acceptors (Lipinski definition) is 7. The Kier molecular flexibility index (Phi) is 7.88. The molecule has 0 aliphatic carbocycles. The highest BCUT2D eigenvalue weighted by molar-refractivity contribution is 7.23. The van der Waals surface area contributed by atoms with Crippen molar-refractivity contribution in [3.8, 4) is 16.9 Å². The summed E-state index contributed by atoms with van der Waals surface area (Å²) in [6.45, 7) is 6.36. The molecule has 1 saturated heterocycles. The van der Waals surface area contributed by atoms with Crippen LogP contribution < -0.4 is 15.4 Å². The molecule has 1 amide bonds. The highest BCUT2D eigenvalue weighted by atomic mass is 32.1. The van der Waals surface area contributed by atoms with Crippen LogP contribution in [0.2, 0.25) is 0 Å². The van der Waals surface area contributed by atoms with Crippen molar-refractivity contribution in [3.05, 3.63) is 77.9 Å². The van der Waals surface area contributed by atoms with E-state index in [9.17, 15) is 4.79 Å². The van der Waals surface area contributed by atoms with Crippen LogP contribution in [0.3, 0.4) is 0 Å². The Balaban J connectivity index is 1.23. The second-order valence-electron chi connectivity index (χ2n) is 8.66. The van der Waals surface area contributed by atoms with Crippen LogP contribution in [0.1, 0.15) is 15.9 Å². The molecule has 2 heterocycles. The molecule has 1 aliphatic rings. The molecule has 0 spiro atoms. The number of carbonyl (C=O) groups excluding carboxylic acids is 1. The third-order valence-electron chi connectivity index (χ3n) is 6.29. The number of aromatic nitrogens is 1. The summed E-state index contributed by atoms with van der Waals surface area (Å²) in [5, 5.41) is 6.99. The van der Waals surface area contributed by atoms with Crippen LogP contribution in [0.25, 0.3) is 21.3 Å². The molecule has 0 atom stereocenters. The zero-order valence-electron chi connectivity index (χ0n) is 20.3. The Morgan fingerprint density at radius 3 is 2.58 bits per heavy atom. The fourth-order valence-electron chi connectivity index (χ4n) is 4.28. The minimum Gasteiger partial charge on any atom is -0.494 e. The van der Waals surface area contributed by atoms with Gasteiger partial charge in [-0.25, -0.2) is 4.98 Å². The standard InChI is InChI=1S/C28H30N4O3S/c1-34-24-12-11-23(21-5-3-2-4-6-21)26-25(24)30-28(36-26)31-27(33)22-9-7-20(8-10-22)19-29-13-14-32-15-17-35-18-16-32/h2-12,29H,13-19H2,1H3,(H,30,31,33). The van der Waals surface area contributed by atoms with Crippen LogP contribution in [0.5, 0.6) is 5.75 Å². The molecule has 0 radical (unpaired) electrons. The lowest BCUT2D eigenvalue weighted by molar-refractivity contribution is 0.0384. The number of morpholine rings is 1. The van der Waals surface area contributed by atoms with Gasteiger partial charge in [0.25, 0.3) is 5.91 Å². The Labute approximate surface area is 215 Å². The van der Waals surface area contributed by atoms with Gasteiger partial charge in [0.15, 0.2) is 5.13 Å². The third-order valence-corrected chi connectivity index (χ3v) is 7.29. The Bertz CT molecular complexity index is 1300. The van der Waals surface area contributed by atoms with Crippen LogP contribution in [0, 0.1) is 0 Å². The lowest BCUT2D eigenvalue weighted by atomic mass is 10.1. The summed E-state index contributed by atoms with van der Waals surface area (Å²) in [4.78, 5) is 20.0. The topological polar surface area (TPSA) is 75.7 Å². The predicted octanol–water partition coefficient (Wildman–Crippen LogP) is 4.65. The average molecular weight is 503 g/mol. The highest BCUT2D eigenvalue weighted by Crippen LogP contribution is 2.39. The lowest BCUT2D eigenvalue weighted by Gasteiger charge is -2.26. The van der Waals surface area contributed by atoms with E-state index in [1.165, 1.54) is 11.3 Å². The summed E-state index contributed by atoms with van der Waals surface area (Å²) in [5.74, 6) is 0.507. The van der Waals surface area contributed by atoms with Crippen molar-refractivity contribution >= 4 is 32.6 Å². The van der Waals surface area contributed by atoms with Crippen LogP contribution in [-0.2, 0) is 11.3 Å². The number of carbonyl (C=O) groups is 1. The third kappa shape index (κ3) is 5.74. The van der Waals surface area contributed by atoms with E-state index >= 15 is 0 Å². The van der Waals surface area contributed by atoms with Gasteiger partial charge < -0.3 is 14.8 Å². The number of benzene rings is 3. The zero-order valence-corrected chi connectivity index (χ0v) is 21.1. The first-order chi connectivity index (χ1) is 17.7. The van der Waals surface area contributed by atoms with Gasteiger partial charge in [0, 0.05) is 43.9 Å². The highest BCUT2D eigenvalue weighted by Gasteiger charge is 2.16. The number of nitrogens with zero attached hydrogens (tertiary/aromatic N) is 2. The first-order valence-corrected chi connectivity index (χ1v) is 13.0. The Morgan fingerprint density at radius 1 is 1.06 bits per heavy atom. The van der Waals surface area contributed by atoms with Crippen molar-refractivity contribution in [2.75, 3.05) is 51.8 Å². The molecule has 3 aromatic carbocycles. The van der Waals surface area contributed by atoms with E-state index in [2.05, 4.69) is 32.7 Å². The molecule has 7 nitrogen and oxygen atoms in total. The van der Waals surface area contributed by atoms with Gasteiger partial charge in [-0.05, 0) is 35.4 Å². The number of ether oxygens (including phenoxy) is 2. The molecule has 1 aromatic heterocycles. The van der Waals surface area contributed by atoms with Gasteiger partial charge in [-0.1, -0.05) is 53.8 Å². The Hall–Kier alpha value is -3.30. The summed E-state index contributed by atoms with van der Waals surface area (Å²) in [6, 6.07) is 21.8. The van der Waals surface area contributed by atoms with Crippen molar-refractivity contribution in [1.29, 1.82) is 0 Å². The van der Waals surface area contributed by atoms with Crippen LogP contribution in [-0.4, -0.2) is 62.3 Å². The maximum absolute atomic E-state index is 12.9. The second kappa shape index (κ2) is 11.6. The molecule has 8 heteroatoms. The van der Waals surface area contributed by atoms with E-state index in [4.69, 9.17) is 9.47 Å². The molecule has 0 saturated carbocycles. The lowest BCUT2D eigenvalue weighted by Crippen LogP contribution is -2.40. The molecular formula is C28H30N4O3S. The molecule has 0 bridgehead atoms. The first-order valence-electron chi connectivity index (χ1n) is 12.2. The van der Waals surface area contributed by atoms with E-state index in [1.807, 2.05) is 54.6 Å². The molecule has 1 aliphatic heterocycles. The Morgan fingerprint density at radius 2 is 1.83 bits per heavy atom. The SMILES string of the molecule is COc1ccc(-c2ccccc2)c2sc(NC(=O)c3ccc(CNCCN4CCOCC4)cc3)nc12. The molecular weight excluding hydrogens is 472 g/mol. The van der Waals surface area contributed by atoms with E-state index in [1.54, 1.807) is 7.11 Å². The fraction of sp³-hybridized carbons (Fsp3) is 0.286. The van der Waals surface area contributed by atoms with Gasteiger partial charge in [-0.15, -0.1) is 0 Å². The van der Waals surface area contributed by atoms with Crippen molar-refractivity contribution in [3.63, 3.8) is 0 Å². The van der Waals surface area contributed by atoms with E-state index in [0.29, 0.717) is 16.4 Å². The molecule has 1 fully saturated rings. The number of rotatable bonds is 9. The molecule has 36 heavy (non-hydrogen) atoms. The normalized spacial score (nSPS) is 14.1. The second-order valence-corrected chi connectivity index (χ2v) is 9.66. The monoisotopic (exact) mass is 502 g/mol. The molecule has 5 rings (SSSR count). The van der Waals surface area contributed by atoms with Crippen LogP contribution >= 0.6 is 11.3 Å². The average Bonchev–Trinajstić information content (AvgIpc) is 3.35. The number of thiazole rings is 1. The number of hydrogen-bond donors (Lipinski definition) is 2. The molecule has 2 N–H and O–H groups in total. The maximum atomic E-state index is 12.9. The van der Waals surface area contributed by atoms with Crippen LogP contribution in [0.4, 0.5) is 5.13 Å². The first kappa shape index (κ1) is 24.4.